The number of thiocarbonyl (C=S) groups is 1. The molecule has 5 heteroatoms. The van der Waals surface area contributed by atoms with Crippen LogP contribution in [0.25, 0.3) is 0 Å². The van der Waals surface area contributed by atoms with Crippen LogP contribution in [-0.4, -0.2) is 43.1 Å². The standard InChI is InChI=1S/C9H14N2O2S/c1-11(2)5-6-4-7(9(12)13-3)10-8(6)14/h5,7H,4H2,1-3H3,(H,10,14)/b6-5+. The first-order valence-electron chi connectivity index (χ1n) is 4.30. The van der Waals surface area contributed by atoms with Gasteiger partial charge in [-0.2, -0.15) is 0 Å². The third-order valence-electron chi connectivity index (χ3n) is 1.92. The summed E-state index contributed by atoms with van der Waals surface area (Å²) >= 11 is 5.09. The summed E-state index contributed by atoms with van der Waals surface area (Å²) in [7, 11) is 5.21. The lowest BCUT2D eigenvalue weighted by Gasteiger charge is -2.06. The number of methoxy groups -OCH3 is 1. The molecule has 0 aromatic carbocycles. The summed E-state index contributed by atoms with van der Waals surface area (Å²) in [6, 6.07) is -0.321. The van der Waals surface area contributed by atoms with Crippen molar-refractivity contribution in [3.05, 3.63) is 11.8 Å². The Balaban J connectivity index is 2.69. The molecule has 0 aromatic heterocycles. The van der Waals surface area contributed by atoms with Crippen molar-refractivity contribution in [2.24, 2.45) is 0 Å². The van der Waals surface area contributed by atoms with Gasteiger partial charge >= 0.3 is 5.97 Å². The first kappa shape index (κ1) is 11.0. The summed E-state index contributed by atoms with van der Waals surface area (Å²) in [6.07, 6.45) is 2.52. The van der Waals surface area contributed by atoms with Crippen molar-refractivity contribution >= 4 is 23.2 Å². The van der Waals surface area contributed by atoms with E-state index >= 15 is 0 Å². The lowest BCUT2D eigenvalue weighted by atomic mass is 10.2. The summed E-state index contributed by atoms with van der Waals surface area (Å²) in [5.74, 6) is -0.269. The Morgan fingerprint density at radius 2 is 2.36 bits per heavy atom. The van der Waals surface area contributed by atoms with Crippen LogP contribution >= 0.6 is 12.2 Å². The van der Waals surface area contributed by atoms with Crippen molar-refractivity contribution in [1.29, 1.82) is 0 Å². The smallest absolute Gasteiger partial charge is 0.328 e. The molecular weight excluding hydrogens is 200 g/mol. The maximum absolute atomic E-state index is 11.2. The van der Waals surface area contributed by atoms with Crippen LogP contribution in [0.4, 0.5) is 0 Å². The number of nitrogens with one attached hydrogen (secondary N) is 1. The van der Waals surface area contributed by atoms with Gasteiger partial charge in [-0.3, -0.25) is 0 Å². The second-order valence-corrected chi connectivity index (χ2v) is 3.78. The Morgan fingerprint density at radius 3 is 2.86 bits per heavy atom. The Bertz CT molecular complexity index is 287. The van der Waals surface area contributed by atoms with Crippen LogP contribution in [0.5, 0.6) is 0 Å². The maximum Gasteiger partial charge on any atom is 0.328 e. The van der Waals surface area contributed by atoms with Gasteiger partial charge in [0.2, 0.25) is 0 Å². The van der Waals surface area contributed by atoms with E-state index in [4.69, 9.17) is 12.2 Å². The van der Waals surface area contributed by atoms with Gasteiger partial charge in [0.25, 0.3) is 0 Å². The zero-order chi connectivity index (χ0) is 10.7. The molecule has 0 amide bonds. The molecule has 1 saturated heterocycles. The first-order chi connectivity index (χ1) is 6.54. The van der Waals surface area contributed by atoms with E-state index in [0.717, 1.165) is 5.57 Å². The van der Waals surface area contributed by atoms with Gasteiger partial charge in [0.05, 0.1) is 7.11 Å². The average molecular weight is 214 g/mol. The zero-order valence-electron chi connectivity index (χ0n) is 8.53. The predicted molar refractivity (Wildman–Crippen MR) is 57.9 cm³/mol. The van der Waals surface area contributed by atoms with E-state index in [1.807, 2.05) is 25.2 Å². The minimum atomic E-state index is -0.321. The number of carbonyl (C=O) groups is 1. The van der Waals surface area contributed by atoms with E-state index < -0.39 is 0 Å². The minimum Gasteiger partial charge on any atom is -0.467 e. The number of nitrogens with zero attached hydrogens (tertiary/aromatic N) is 1. The van der Waals surface area contributed by atoms with E-state index in [1.165, 1.54) is 7.11 Å². The zero-order valence-corrected chi connectivity index (χ0v) is 9.35. The summed E-state index contributed by atoms with van der Waals surface area (Å²) in [5.41, 5.74) is 0.973. The van der Waals surface area contributed by atoms with E-state index in [0.29, 0.717) is 11.4 Å². The number of hydrogen-bond acceptors (Lipinski definition) is 4. The lowest BCUT2D eigenvalue weighted by Crippen LogP contribution is -2.33. The molecule has 1 N–H and O–H groups in total. The van der Waals surface area contributed by atoms with Crippen LogP contribution in [0.3, 0.4) is 0 Å². The predicted octanol–water partition coefficient (Wildman–Crippen LogP) is 0.294. The molecule has 4 nitrogen and oxygen atoms in total. The Hall–Kier alpha value is -1.10. The van der Waals surface area contributed by atoms with Gasteiger partial charge < -0.3 is 15.0 Å². The van der Waals surface area contributed by atoms with Gasteiger partial charge in [-0.15, -0.1) is 0 Å². The monoisotopic (exact) mass is 214 g/mol. The highest BCUT2D eigenvalue weighted by Crippen LogP contribution is 2.16. The fourth-order valence-corrected chi connectivity index (χ4v) is 1.60. The molecule has 0 aliphatic carbocycles. The van der Waals surface area contributed by atoms with Crippen molar-refractivity contribution in [1.82, 2.24) is 10.2 Å². The van der Waals surface area contributed by atoms with E-state index in [2.05, 4.69) is 10.1 Å². The Labute approximate surface area is 88.9 Å². The molecule has 0 saturated carbocycles. The molecule has 78 valence electrons. The van der Waals surface area contributed by atoms with Crippen molar-refractivity contribution in [2.45, 2.75) is 12.5 Å². The fraction of sp³-hybridized carbons (Fsp3) is 0.556. The highest BCUT2D eigenvalue weighted by atomic mass is 32.1. The average Bonchev–Trinajstić information content (AvgIpc) is 2.46. The minimum absolute atomic E-state index is 0.269. The number of hydrogen-bond donors (Lipinski definition) is 1. The summed E-state index contributed by atoms with van der Waals surface area (Å²) < 4.78 is 4.63. The molecule has 1 rings (SSSR count). The van der Waals surface area contributed by atoms with Crippen LogP contribution in [0, 0.1) is 0 Å². The van der Waals surface area contributed by atoms with Crippen LogP contribution in [0.2, 0.25) is 0 Å². The number of carbonyl (C=O) groups excluding carboxylic acids is 1. The molecule has 1 unspecified atom stereocenters. The van der Waals surface area contributed by atoms with Gasteiger partial charge in [-0.25, -0.2) is 4.79 Å². The SMILES string of the molecule is COC(=O)C1C/C(=C\N(C)C)C(=S)N1. The van der Waals surface area contributed by atoms with E-state index in [9.17, 15) is 4.79 Å². The van der Waals surface area contributed by atoms with Crippen LogP contribution in [0.15, 0.2) is 11.8 Å². The second kappa shape index (κ2) is 4.41. The number of ether oxygens (including phenoxy) is 1. The topological polar surface area (TPSA) is 41.6 Å². The molecule has 0 radical (unpaired) electrons. The van der Waals surface area contributed by atoms with Crippen molar-refractivity contribution in [2.75, 3.05) is 21.2 Å². The third kappa shape index (κ3) is 2.45. The van der Waals surface area contributed by atoms with Gasteiger partial charge in [0.15, 0.2) is 0 Å². The largest absolute Gasteiger partial charge is 0.467 e. The highest BCUT2D eigenvalue weighted by Gasteiger charge is 2.29. The Morgan fingerprint density at radius 1 is 1.71 bits per heavy atom. The molecule has 1 atom stereocenters. The summed E-state index contributed by atoms with van der Waals surface area (Å²) in [4.78, 5) is 13.7. The van der Waals surface area contributed by atoms with Crippen LogP contribution < -0.4 is 5.32 Å². The normalized spacial score (nSPS) is 23.5. The molecule has 0 spiro atoms. The van der Waals surface area contributed by atoms with Crippen molar-refractivity contribution < 1.29 is 9.53 Å². The van der Waals surface area contributed by atoms with Crippen LogP contribution in [0.1, 0.15) is 6.42 Å². The molecule has 0 aromatic rings. The highest BCUT2D eigenvalue weighted by molar-refractivity contribution is 7.80. The molecule has 1 aliphatic heterocycles. The van der Waals surface area contributed by atoms with Crippen LogP contribution in [-0.2, 0) is 9.53 Å². The fourth-order valence-electron chi connectivity index (χ4n) is 1.32. The van der Waals surface area contributed by atoms with Crippen molar-refractivity contribution in [3.8, 4) is 0 Å². The summed E-state index contributed by atoms with van der Waals surface area (Å²) in [6.45, 7) is 0. The first-order valence-corrected chi connectivity index (χ1v) is 4.71. The Kier molecular flexibility index (Phi) is 3.46. The van der Waals surface area contributed by atoms with E-state index in [1.54, 1.807) is 0 Å². The van der Waals surface area contributed by atoms with Crippen molar-refractivity contribution in [3.63, 3.8) is 0 Å². The molecular formula is C9H14N2O2S. The molecule has 0 bridgehead atoms. The molecule has 1 fully saturated rings. The second-order valence-electron chi connectivity index (χ2n) is 3.37. The lowest BCUT2D eigenvalue weighted by molar-refractivity contribution is -0.142. The molecule has 14 heavy (non-hydrogen) atoms. The third-order valence-corrected chi connectivity index (χ3v) is 2.30. The number of esters is 1. The van der Waals surface area contributed by atoms with E-state index in [-0.39, 0.29) is 12.0 Å². The molecule has 1 heterocycles. The van der Waals surface area contributed by atoms with Gasteiger partial charge in [0.1, 0.15) is 11.0 Å². The number of rotatable bonds is 2. The van der Waals surface area contributed by atoms with Gasteiger partial charge in [-0.05, 0) is 0 Å². The quantitative estimate of drug-likeness (QED) is 0.406. The maximum atomic E-state index is 11.2. The van der Waals surface area contributed by atoms with Gasteiger partial charge in [-0.1, -0.05) is 12.2 Å². The molecule has 1 aliphatic rings. The summed E-state index contributed by atoms with van der Waals surface area (Å²) in [5, 5.41) is 2.92. The van der Waals surface area contributed by atoms with Gasteiger partial charge in [0, 0.05) is 32.3 Å².